The Labute approximate surface area is 161 Å². The third-order valence-electron chi connectivity index (χ3n) is 5.10. The van der Waals surface area contributed by atoms with Gasteiger partial charge < -0.3 is 21.6 Å². The number of carbonyl (C=O) groups excluding carboxylic acids is 2. The molecule has 6 N–H and O–H groups in total. The molecule has 1 aromatic carbocycles. The Morgan fingerprint density at radius 3 is 2.58 bits per heavy atom. The Morgan fingerprint density at radius 2 is 1.88 bits per heavy atom. The summed E-state index contributed by atoms with van der Waals surface area (Å²) in [5.74, 6) is 0.395. The summed E-state index contributed by atoms with van der Waals surface area (Å²) in [6, 6.07) is 2.04. The first-order valence-corrected chi connectivity index (χ1v) is 8.82. The number of Topliss-reactive ketones (excluding diaryl/α,β-unsaturated/α-hetero) is 1. The Kier molecular flexibility index (Phi) is 10.0. The van der Waals surface area contributed by atoms with E-state index in [1.165, 1.54) is 12.0 Å². The first kappa shape index (κ1) is 24.5. The highest BCUT2D eigenvalue weighted by molar-refractivity contribution is 6.05. The largest absolute Gasteiger partial charge is 0.412 e. The predicted molar refractivity (Wildman–Crippen MR) is 107 cm³/mol. The average molecular weight is 387 g/mol. The molecule has 0 saturated heterocycles. The van der Waals surface area contributed by atoms with Gasteiger partial charge in [0.15, 0.2) is 5.78 Å². The van der Waals surface area contributed by atoms with Crippen molar-refractivity contribution < 1.29 is 20.5 Å². The number of halogens is 1. The van der Waals surface area contributed by atoms with Gasteiger partial charge >= 0.3 is 0 Å². The highest BCUT2D eigenvalue weighted by atomic mass is 35.5. The van der Waals surface area contributed by atoms with Crippen LogP contribution in [-0.2, 0) is 17.6 Å². The van der Waals surface area contributed by atoms with Crippen LogP contribution in [0.4, 0.5) is 5.69 Å². The number of hydrogen-bond donors (Lipinski definition) is 2. The molecular formula is C19H31ClN2O4. The summed E-state index contributed by atoms with van der Waals surface area (Å²) < 4.78 is 0. The molecule has 0 fully saturated rings. The van der Waals surface area contributed by atoms with Gasteiger partial charge in [0, 0.05) is 30.1 Å². The molecule has 3 rings (SSSR count). The van der Waals surface area contributed by atoms with Gasteiger partial charge in [-0.3, -0.25) is 9.59 Å². The van der Waals surface area contributed by atoms with Crippen molar-refractivity contribution in [3.63, 3.8) is 0 Å². The molecule has 0 aromatic heterocycles. The third kappa shape index (κ3) is 4.82. The van der Waals surface area contributed by atoms with Gasteiger partial charge in [-0.2, -0.15) is 0 Å². The van der Waals surface area contributed by atoms with E-state index >= 15 is 0 Å². The molecule has 0 saturated carbocycles. The monoisotopic (exact) mass is 386 g/mol. The SMILES string of the molecule is CCCCNCC1CCc2c(C)cc3c(c2C1=O)CCC(=O)N3.Cl.O.O. The fraction of sp³-hybridized carbons (Fsp3) is 0.579. The summed E-state index contributed by atoms with van der Waals surface area (Å²) >= 11 is 0. The number of rotatable bonds is 5. The van der Waals surface area contributed by atoms with Gasteiger partial charge in [-0.05, 0) is 61.9 Å². The van der Waals surface area contributed by atoms with Gasteiger partial charge in [-0.1, -0.05) is 13.3 Å². The quantitative estimate of drug-likeness (QED) is 0.750. The van der Waals surface area contributed by atoms with E-state index in [-0.39, 0.29) is 41.0 Å². The lowest BCUT2D eigenvalue weighted by molar-refractivity contribution is -0.116. The predicted octanol–water partition coefficient (Wildman–Crippen LogP) is 1.79. The summed E-state index contributed by atoms with van der Waals surface area (Å²) in [7, 11) is 0. The molecule has 1 amide bonds. The second kappa shape index (κ2) is 10.6. The third-order valence-corrected chi connectivity index (χ3v) is 5.10. The van der Waals surface area contributed by atoms with Crippen molar-refractivity contribution in [1.29, 1.82) is 0 Å². The van der Waals surface area contributed by atoms with Crippen LogP contribution < -0.4 is 10.6 Å². The number of anilines is 1. The van der Waals surface area contributed by atoms with Gasteiger partial charge in [-0.25, -0.2) is 0 Å². The number of fused-ring (bicyclic) bond motifs is 3. The first-order valence-electron chi connectivity index (χ1n) is 8.82. The van der Waals surface area contributed by atoms with E-state index in [9.17, 15) is 9.59 Å². The highest BCUT2D eigenvalue weighted by Gasteiger charge is 2.33. The topological polar surface area (TPSA) is 121 Å². The van der Waals surface area contributed by atoms with Gasteiger partial charge in [0.05, 0.1) is 0 Å². The van der Waals surface area contributed by atoms with Crippen LogP contribution in [0.5, 0.6) is 0 Å². The summed E-state index contributed by atoms with van der Waals surface area (Å²) in [5.41, 5.74) is 5.16. The van der Waals surface area contributed by atoms with E-state index in [4.69, 9.17) is 0 Å². The van der Waals surface area contributed by atoms with E-state index in [1.54, 1.807) is 0 Å². The Morgan fingerprint density at radius 1 is 1.15 bits per heavy atom. The summed E-state index contributed by atoms with van der Waals surface area (Å²) in [6.45, 7) is 5.97. The van der Waals surface area contributed by atoms with E-state index in [2.05, 4.69) is 17.6 Å². The molecule has 7 heteroatoms. The molecule has 1 aliphatic carbocycles. The number of nitrogens with one attached hydrogen (secondary N) is 2. The molecule has 0 spiro atoms. The van der Waals surface area contributed by atoms with Crippen LogP contribution in [0.1, 0.15) is 59.7 Å². The van der Waals surface area contributed by atoms with Crippen LogP contribution in [0.2, 0.25) is 0 Å². The standard InChI is InChI=1S/C19H26N2O2.ClH.2H2O/c1-3-4-9-20-11-13-5-6-14-12(2)10-16-15(18(14)19(13)23)7-8-17(22)21-16;;;/h10,13,20H,3-9,11H2,1-2H3,(H,21,22);1H;2*1H2. The second-order valence-electron chi connectivity index (χ2n) is 6.78. The molecular weight excluding hydrogens is 356 g/mol. The van der Waals surface area contributed by atoms with Crippen LogP contribution in [0.25, 0.3) is 0 Å². The first-order chi connectivity index (χ1) is 11.1. The van der Waals surface area contributed by atoms with Crippen LogP contribution in [0.3, 0.4) is 0 Å². The molecule has 1 atom stereocenters. The van der Waals surface area contributed by atoms with Crippen molar-refractivity contribution in [3.05, 3.63) is 28.3 Å². The minimum absolute atomic E-state index is 0. The fourth-order valence-corrected chi connectivity index (χ4v) is 3.77. The van der Waals surface area contributed by atoms with E-state index < -0.39 is 0 Å². The number of aryl methyl sites for hydroxylation is 1. The molecule has 1 heterocycles. The van der Waals surface area contributed by atoms with Gasteiger partial charge in [0.1, 0.15) is 0 Å². The van der Waals surface area contributed by atoms with Crippen molar-refractivity contribution in [3.8, 4) is 0 Å². The van der Waals surface area contributed by atoms with E-state index in [0.717, 1.165) is 54.7 Å². The normalized spacial score (nSPS) is 17.7. The molecule has 1 aromatic rings. The number of amides is 1. The maximum Gasteiger partial charge on any atom is 0.224 e. The molecule has 1 unspecified atom stereocenters. The van der Waals surface area contributed by atoms with E-state index in [0.29, 0.717) is 12.8 Å². The molecule has 0 bridgehead atoms. The lowest BCUT2D eigenvalue weighted by Gasteiger charge is -2.30. The number of ketones is 1. The lowest BCUT2D eigenvalue weighted by atomic mass is 9.77. The van der Waals surface area contributed by atoms with Gasteiger partial charge in [0.2, 0.25) is 5.91 Å². The summed E-state index contributed by atoms with van der Waals surface area (Å²) in [4.78, 5) is 24.7. The van der Waals surface area contributed by atoms with Crippen LogP contribution in [0.15, 0.2) is 6.07 Å². The zero-order valence-electron chi connectivity index (χ0n) is 15.5. The summed E-state index contributed by atoms with van der Waals surface area (Å²) in [5, 5.41) is 6.37. The molecule has 1 aliphatic heterocycles. The van der Waals surface area contributed by atoms with Crippen LogP contribution >= 0.6 is 12.4 Å². The van der Waals surface area contributed by atoms with Crippen molar-refractivity contribution >= 4 is 29.8 Å². The van der Waals surface area contributed by atoms with Gasteiger partial charge in [0.25, 0.3) is 0 Å². The molecule has 6 nitrogen and oxygen atoms in total. The minimum atomic E-state index is 0. The highest BCUT2D eigenvalue weighted by Crippen LogP contribution is 2.36. The summed E-state index contributed by atoms with van der Waals surface area (Å²) in [6.07, 6.45) is 5.38. The van der Waals surface area contributed by atoms with Crippen molar-refractivity contribution in [1.82, 2.24) is 5.32 Å². The number of carbonyl (C=O) groups is 2. The molecule has 0 radical (unpaired) electrons. The molecule has 2 aliphatic rings. The van der Waals surface area contributed by atoms with Crippen LogP contribution in [-0.4, -0.2) is 35.7 Å². The van der Waals surface area contributed by atoms with E-state index in [1.807, 2.05) is 13.0 Å². The van der Waals surface area contributed by atoms with Crippen molar-refractivity contribution in [2.24, 2.45) is 5.92 Å². The zero-order chi connectivity index (χ0) is 16.4. The smallest absolute Gasteiger partial charge is 0.224 e. The lowest BCUT2D eigenvalue weighted by Crippen LogP contribution is -2.34. The molecule has 26 heavy (non-hydrogen) atoms. The Balaban J connectivity index is 0.00000208. The van der Waals surface area contributed by atoms with Crippen molar-refractivity contribution in [2.45, 2.75) is 52.4 Å². The minimum Gasteiger partial charge on any atom is -0.412 e. The number of unbranched alkanes of at least 4 members (excludes halogenated alkanes) is 1. The maximum atomic E-state index is 13.0. The zero-order valence-corrected chi connectivity index (χ0v) is 16.4. The van der Waals surface area contributed by atoms with Crippen molar-refractivity contribution in [2.75, 3.05) is 18.4 Å². The Bertz CT molecular complexity index is 649. The molecule has 148 valence electrons. The average Bonchev–Trinajstić information content (AvgIpc) is 2.53. The Hall–Kier alpha value is -1.47. The second-order valence-corrected chi connectivity index (χ2v) is 6.78. The number of benzene rings is 1. The fourth-order valence-electron chi connectivity index (χ4n) is 3.77. The number of hydrogen-bond acceptors (Lipinski definition) is 3. The maximum absolute atomic E-state index is 13.0. The van der Waals surface area contributed by atoms with Crippen LogP contribution in [0, 0.1) is 12.8 Å². The van der Waals surface area contributed by atoms with Gasteiger partial charge in [-0.15, -0.1) is 12.4 Å².